The molecule has 0 saturated carbocycles. The highest BCUT2D eigenvalue weighted by atomic mass is 79.9. The van der Waals surface area contributed by atoms with Crippen LogP contribution in [0.3, 0.4) is 0 Å². The minimum Gasteiger partial charge on any atom is -0.311 e. The first-order valence-corrected chi connectivity index (χ1v) is 8.91. The summed E-state index contributed by atoms with van der Waals surface area (Å²) in [5, 5.41) is 5.59. The molecule has 1 N–H and O–H groups in total. The van der Waals surface area contributed by atoms with Crippen molar-refractivity contribution in [3.63, 3.8) is 0 Å². The highest BCUT2D eigenvalue weighted by Gasteiger charge is 2.05. The number of aromatic nitrogens is 1. The Balaban J connectivity index is 1.88. The van der Waals surface area contributed by atoms with Gasteiger partial charge in [-0.1, -0.05) is 13.0 Å². The number of nitrogens with one attached hydrogen (secondary N) is 1. The van der Waals surface area contributed by atoms with E-state index < -0.39 is 0 Å². The summed E-state index contributed by atoms with van der Waals surface area (Å²) in [5.74, 6) is 0. The Labute approximate surface area is 139 Å². The molecule has 0 radical (unpaired) electrons. The number of halogens is 1. The fourth-order valence-corrected chi connectivity index (χ4v) is 3.38. The van der Waals surface area contributed by atoms with Crippen LogP contribution in [-0.4, -0.2) is 23.5 Å². The highest BCUT2D eigenvalue weighted by molar-refractivity contribution is 9.11. The van der Waals surface area contributed by atoms with Gasteiger partial charge in [0.25, 0.3) is 0 Å². The lowest BCUT2D eigenvalue weighted by atomic mass is 10.2. The molecule has 0 aliphatic heterocycles. The Kier molecular flexibility index (Phi) is 6.83. The average Bonchev–Trinajstić information content (AvgIpc) is 2.84. The lowest BCUT2D eigenvalue weighted by molar-refractivity contribution is 0.315. The molecule has 0 bridgehead atoms. The van der Waals surface area contributed by atoms with Crippen LogP contribution in [0.15, 0.2) is 33.4 Å². The van der Waals surface area contributed by atoms with Crippen LogP contribution in [0.5, 0.6) is 0 Å². The molecule has 0 aliphatic rings. The van der Waals surface area contributed by atoms with Gasteiger partial charge in [0.15, 0.2) is 0 Å². The molecule has 0 fully saturated rings. The molecular weight excluding hydrogens is 346 g/mol. The lowest BCUT2D eigenvalue weighted by Crippen LogP contribution is -2.19. The number of hydrogen-bond acceptors (Lipinski definition) is 4. The van der Waals surface area contributed by atoms with Crippen LogP contribution >= 0.6 is 27.3 Å². The van der Waals surface area contributed by atoms with Crippen molar-refractivity contribution in [1.82, 2.24) is 15.2 Å². The van der Waals surface area contributed by atoms with E-state index >= 15 is 0 Å². The molecule has 0 atom stereocenters. The molecule has 0 aromatic carbocycles. The number of thiophene rings is 1. The van der Waals surface area contributed by atoms with Crippen LogP contribution in [0.4, 0.5) is 0 Å². The first kappa shape index (κ1) is 16.6. The minimum absolute atomic E-state index is 0.850. The van der Waals surface area contributed by atoms with E-state index in [0.29, 0.717) is 0 Å². The van der Waals surface area contributed by atoms with Crippen molar-refractivity contribution in [3.8, 4) is 0 Å². The third-order valence-corrected chi connectivity index (χ3v) is 4.66. The molecule has 0 spiro atoms. The van der Waals surface area contributed by atoms with E-state index in [2.05, 4.69) is 69.8 Å². The molecule has 0 unspecified atom stereocenters. The van der Waals surface area contributed by atoms with Gasteiger partial charge in [0.2, 0.25) is 0 Å². The van der Waals surface area contributed by atoms with Crippen LogP contribution in [0.25, 0.3) is 0 Å². The van der Waals surface area contributed by atoms with Crippen LogP contribution in [0.2, 0.25) is 0 Å². The number of hydrogen-bond donors (Lipinski definition) is 1. The Morgan fingerprint density at radius 1 is 1.29 bits per heavy atom. The average molecular weight is 368 g/mol. The zero-order chi connectivity index (χ0) is 15.1. The molecule has 2 aromatic rings. The summed E-state index contributed by atoms with van der Waals surface area (Å²) in [6, 6.07) is 8.46. The van der Waals surface area contributed by atoms with Gasteiger partial charge in [-0.05, 0) is 65.1 Å². The van der Waals surface area contributed by atoms with E-state index in [0.717, 1.165) is 44.0 Å². The Bertz CT molecular complexity index is 556. The summed E-state index contributed by atoms with van der Waals surface area (Å²) in [5.41, 5.74) is 3.59. The summed E-state index contributed by atoms with van der Waals surface area (Å²) in [4.78, 5) is 7.01. The molecule has 2 aromatic heterocycles. The zero-order valence-corrected chi connectivity index (χ0v) is 15.0. The topological polar surface area (TPSA) is 28.2 Å². The molecule has 2 heterocycles. The summed E-state index contributed by atoms with van der Waals surface area (Å²) in [7, 11) is 2.13. The molecule has 114 valence electrons. The molecule has 0 amide bonds. The van der Waals surface area contributed by atoms with Crippen molar-refractivity contribution in [2.45, 2.75) is 33.0 Å². The van der Waals surface area contributed by atoms with Crippen LogP contribution in [-0.2, 0) is 19.6 Å². The maximum atomic E-state index is 4.72. The molecular formula is C16H22BrN3S. The van der Waals surface area contributed by atoms with Gasteiger partial charge in [0.1, 0.15) is 0 Å². The SMILES string of the molecule is CCCNCc1cccc(CN(C)Cc2csc(Br)c2)n1. The van der Waals surface area contributed by atoms with E-state index in [-0.39, 0.29) is 0 Å². The van der Waals surface area contributed by atoms with Crippen molar-refractivity contribution in [3.05, 3.63) is 50.4 Å². The standard InChI is InChI=1S/C16H22BrN3S/c1-3-7-18-9-14-5-4-6-15(19-14)11-20(2)10-13-8-16(17)21-12-13/h4-6,8,12,18H,3,7,9-11H2,1-2H3. The van der Waals surface area contributed by atoms with Gasteiger partial charge in [0.05, 0.1) is 15.2 Å². The van der Waals surface area contributed by atoms with Gasteiger partial charge in [-0.15, -0.1) is 11.3 Å². The smallest absolute Gasteiger partial charge is 0.0701 e. The van der Waals surface area contributed by atoms with E-state index in [4.69, 9.17) is 4.98 Å². The molecule has 5 heteroatoms. The second-order valence-corrected chi connectivity index (χ2v) is 7.52. The highest BCUT2D eigenvalue weighted by Crippen LogP contribution is 2.21. The van der Waals surface area contributed by atoms with Crippen molar-refractivity contribution < 1.29 is 0 Å². The Morgan fingerprint density at radius 3 is 2.81 bits per heavy atom. The summed E-state index contributed by atoms with van der Waals surface area (Å²) in [6.07, 6.45) is 1.15. The fraction of sp³-hybridized carbons (Fsp3) is 0.438. The van der Waals surface area contributed by atoms with Gasteiger partial charge >= 0.3 is 0 Å². The lowest BCUT2D eigenvalue weighted by Gasteiger charge is -2.16. The third-order valence-electron chi connectivity index (χ3n) is 3.10. The second kappa shape index (κ2) is 8.63. The minimum atomic E-state index is 0.850. The van der Waals surface area contributed by atoms with E-state index in [1.54, 1.807) is 11.3 Å². The monoisotopic (exact) mass is 367 g/mol. The van der Waals surface area contributed by atoms with Gasteiger partial charge in [-0.2, -0.15) is 0 Å². The summed E-state index contributed by atoms with van der Waals surface area (Å²) >= 11 is 5.24. The molecule has 0 aliphatic carbocycles. The van der Waals surface area contributed by atoms with Crippen LogP contribution in [0, 0.1) is 0 Å². The third kappa shape index (κ3) is 5.87. The van der Waals surface area contributed by atoms with Gasteiger partial charge in [0, 0.05) is 19.6 Å². The van der Waals surface area contributed by atoms with Crippen molar-refractivity contribution in [1.29, 1.82) is 0 Å². The molecule has 3 nitrogen and oxygen atoms in total. The van der Waals surface area contributed by atoms with Crippen molar-refractivity contribution >= 4 is 27.3 Å². The zero-order valence-electron chi connectivity index (χ0n) is 12.6. The number of nitrogens with zero attached hydrogens (tertiary/aromatic N) is 2. The van der Waals surface area contributed by atoms with Crippen LogP contribution < -0.4 is 5.32 Å². The molecule has 21 heavy (non-hydrogen) atoms. The van der Waals surface area contributed by atoms with Crippen LogP contribution in [0.1, 0.15) is 30.3 Å². The molecule has 0 saturated heterocycles. The maximum Gasteiger partial charge on any atom is 0.0701 e. The number of pyridine rings is 1. The maximum absolute atomic E-state index is 4.72. The Hall–Kier alpha value is -0.750. The van der Waals surface area contributed by atoms with E-state index in [9.17, 15) is 0 Å². The van der Waals surface area contributed by atoms with E-state index in [1.165, 1.54) is 9.35 Å². The quantitative estimate of drug-likeness (QED) is 0.713. The van der Waals surface area contributed by atoms with Gasteiger partial charge in [-0.25, -0.2) is 0 Å². The first-order chi connectivity index (χ1) is 10.2. The number of rotatable bonds is 8. The van der Waals surface area contributed by atoms with Crippen molar-refractivity contribution in [2.75, 3.05) is 13.6 Å². The predicted octanol–water partition coefficient (Wildman–Crippen LogP) is 4.04. The Morgan fingerprint density at radius 2 is 2.10 bits per heavy atom. The molecule has 2 rings (SSSR count). The van der Waals surface area contributed by atoms with Gasteiger partial charge < -0.3 is 5.32 Å². The first-order valence-electron chi connectivity index (χ1n) is 7.24. The summed E-state index contributed by atoms with van der Waals surface area (Å²) < 4.78 is 1.19. The second-order valence-electron chi connectivity index (χ2n) is 5.23. The van der Waals surface area contributed by atoms with Gasteiger partial charge in [-0.3, -0.25) is 9.88 Å². The summed E-state index contributed by atoms with van der Waals surface area (Å²) in [6.45, 7) is 5.88. The van der Waals surface area contributed by atoms with Crippen molar-refractivity contribution in [2.24, 2.45) is 0 Å². The fourth-order valence-electron chi connectivity index (χ4n) is 2.18. The van der Waals surface area contributed by atoms with E-state index in [1.807, 2.05) is 0 Å². The normalized spacial score (nSPS) is 11.2. The predicted molar refractivity (Wildman–Crippen MR) is 93.4 cm³/mol. The largest absolute Gasteiger partial charge is 0.311 e.